The summed E-state index contributed by atoms with van der Waals surface area (Å²) in [5, 5.41) is 9.78. The summed E-state index contributed by atoms with van der Waals surface area (Å²) in [6.45, 7) is 1.39. The minimum atomic E-state index is -3.78. The van der Waals surface area contributed by atoms with Crippen molar-refractivity contribution >= 4 is 27.3 Å². The van der Waals surface area contributed by atoms with E-state index in [1.54, 1.807) is 18.2 Å². The predicted octanol–water partition coefficient (Wildman–Crippen LogP) is 2.70. The van der Waals surface area contributed by atoms with E-state index in [2.05, 4.69) is 0 Å². The summed E-state index contributed by atoms with van der Waals surface area (Å²) < 4.78 is 39.8. The molecule has 1 saturated heterocycles. The molecular weight excluding hydrogens is 355 g/mol. The fraction of sp³-hybridized carbons (Fsp3) is 0.250. The van der Waals surface area contributed by atoms with Gasteiger partial charge < -0.3 is 10.0 Å². The van der Waals surface area contributed by atoms with Gasteiger partial charge in [-0.3, -0.25) is 0 Å². The van der Waals surface area contributed by atoms with E-state index >= 15 is 0 Å². The highest BCUT2D eigenvalue weighted by molar-refractivity contribution is 7.89. The van der Waals surface area contributed by atoms with Crippen molar-refractivity contribution < 1.29 is 17.9 Å². The fourth-order valence-corrected chi connectivity index (χ4v) is 4.65. The van der Waals surface area contributed by atoms with Gasteiger partial charge in [-0.15, -0.1) is 0 Å². The monoisotopic (exact) mass is 370 g/mol. The van der Waals surface area contributed by atoms with Gasteiger partial charge in [-0.2, -0.15) is 4.31 Å². The number of halogens is 2. The van der Waals surface area contributed by atoms with Crippen LogP contribution in [0.1, 0.15) is 0 Å². The summed E-state index contributed by atoms with van der Waals surface area (Å²) in [5.74, 6) is -0.418. The van der Waals surface area contributed by atoms with Crippen molar-refractivity contribution in [2.75, 3.05) is 31.1 Å². The van der Waals surface area contributed by atoms with Crippen molar-refractivity contribution in [2.24, 2.45) is 0 Å². The third-order valence-electron chi connectivity index (χ3n) is 3.97. The number of benzene rings is 2. The normalized spacial score (nSPS) is 16.3. The Kier molecular flexibility index (Phi) is 4.67. The van der Waals surface area contributed by atoms with Crippen molar-refractivity contribution in [1.29, 1.82) is 0 Å². The zero-order valence-corrected chi connectivity index (χ0v) is 14.3. The highest BCUT2D eigenvalue weighted by Gasteiger charge is 2.30. The molecule has 0 amide bonds. The minimum absolute atomic E-state index is 0.0958. The number of para-hydroxylation sites is 2. The average molecular weight is 371 g/mol. The van der Waals surface area contributed by atoms with Crippen LogP contribution >= 0.6 is 11.6 Å². The molecule has 1 fully saturated rings. The second-order valence-corrected chi connectivity index (χ2v) is 7.77. The Labute approximate surface area is 144 Å². The van der Waals surface area contributed by atoms with E-state index in [9.17, 15) is 17.9 Å². The molecule has 128 valence electrons. The van der Waals surface area contributed by atoms with Crippen LogP contribution in [-0.2, 0) is 10.0 Å². The summed E-state index contributed by atoms with van der Waals surface area (Å²) in [6, 6.07) is 10.2. The summed E-state index contributed by atoms with van der Waals surface area (Å²) >= 11 is 5.89. The van der Waals surface area contributed by atoms with Crippen molar-refractivity contribution in [2.45, 2.75) is 4.90 Å². The Hall–Kier alpha value is -1.83. The van der Waals surface area contributed by atoms with Crippen LogP contribution in [0.25, 0.3) is 0 Å². The number of sulfonamides is 1. The molecule has 0 bridgehead atoms. The Morgan fingerprint density at radius 1 is 1.04 bits per heavy atom. The van der Waals surface area contributed by atoms with E-state index < -0.39 is 15.8 Å². The van der Waals surface area contributed by atoms with Crippen LogP contribution in [0.3, 0.4) is 0 Å². The van der Waals surface area contributed by atoms with Gasteiger partial charge in [-0.1, -0.05) is 23.7 Å². The lowest BCUT2D eigenvalue weighted by molar-refractivity contribution is 0.382. The quantitative estimate of drug-likeness (QED) is 0.902. The lowest BCUT2D eigenvalue weighted by Crippen LogP contribution is -2.48. The number of anilines is 1. The molecule has 3 rings (SSSR count). The maximum absolute atomic E-state index is 13.1. The molecule has 0 unspecified atom stereocenters. The molecule has 1 heterocycles. The Morgan fingerprint density at radius 2 is 1.71 bits per heavy atom. The Balaban J connectivity index is 1.78. The van der Waals surface area contributed by atoms with E-state index in [-0.39, 0.29) is 28.8 Å². The number of hydrogen-bond acceptors (Lipinski definition) is 4. The van der Waals surface area contributed by atoms with Gasteiger partial charge in [0, 0.05) is 26.2 Å². The molecule has 0 aliphatic carbocycles. The molecule has 0 aromatic heterocycles. The molecule has 24 heavy (non-hydrogen) atoms. The Bertz CT molecular complexity index is 852. The summed E-state index contributed by atoms with van der Waals surface area (Å²) in [7, 11) is -3.78. The number of phenolic OH excluding ortho intramolecular Hbond substituents is 1. The van der Waals surface area contributed by atoms with Crippen LogP contribution in [0.15, 0.2) is 47.4 Å². The van der Waals surface area contributed by atoms with Gasteiger partial charge in [0.25, 0.3) is 0 Å². The van der Waals surface area contributed by atoms with Gasteiger partial charge in [0.15, 0.2) is 0 Å². The topological polar surface area (TPSA) is 60.9 Å². The smallest absolute Gasteiger partial charge is 0.244 e. The molecule has 0 saturated carbocycles. The number of piperazine rings is 1. The number of rotatable bonds is 3. The van der Waals surface area contributed by atoms with Crippen molar-refractivity contribution in [3.05, 3.63) is 53.3 Å². The van der Waals surface area contributed by atoms with Crippen LogP contribution in [0.2, 0.25) is 5.02 Å². The first-order valence-corrected chi connectivity index (χ1v) is 9.19. The molecule has 0 radical (unpaired) electrons. The van der Waals surface area contributed by atoms with Gasteiger partial charge in [0.05, 0.1) is 10.7 Å². The molecule has 1 aliphatic heterocycles. The number of nitrogens with zero attached hydrogens (tertiary/aromatic N) is 2. The molecule has 2 aromatic rings. The van der Waals surface area contributed by atoms with Crippen LogP contribution in [0.5, 0.6) is 5.75 Å². The lowest BCUT2D eigenvalue weighted by atomic mass is 10.2. The number of hydrogen-bond donors (Lipinski definition) is 1. The zero-order valence-electron chi connectivity index (χ0n) is 12.7. The summed E-state index contributed by atoms with van der Waals surface area (Å²) in [6.07, 6.45) is 0. The third kappa shape index (κ3) is 3.19. The van der Waals surface area contributed by atoms with Gasteiger partial charge in [0.1, 0.15) is 16.5 Å². The highest BCUT2D eigenvalue weighted by atomic mass is 35.5. The Morgan fingerprint density at radius 3 is 2.33 bits per heavy atom. The fourth-order valence-electron chi connectivity index (χ4n) is 2.72. The van der Waals surface area contributed by atoms with E-state index in [1.807, 2.05) is 11.0 Å². The highest BCUT2D eigenvalue weighted by Crippen LogP contribution is 2.30. The lowest BCUT2D eigenvalue weighted by Gasteiger charge is -2.35. The van der Waals surface area contributed by atoms with Crippen LogP contribution in [0, 0.1) is 5.82 Å². The van der Waals surface area contributed by atoms with Crippen molar-refractivity contribution in [3.63, 3.8) is 0 Å². The predicted molar refractivity (Wildman–Crippen MR) is 90.5 cm³/mol. The van der Waals surface area contributed by atoms with E-state index in [1.165, 1.54) is 10.4 Å². The van der Waals surface area contributed by atoms with E-state index in [0.717, 1.165) is 12.1 Å². The van der Waals surface area contributed by atoms with Crippen LogP contribution in [0.4, 0.5) is 10.1 Å². The first kappa shape index (κ1) is 17.0. The van der Waals surface area contributed by atoms with Gasteiger partial charge in [-0.05, 0) is 30.3 Å². The number of aromatic hydroxyl groups is 1. The van der Waals surface area contributed by atoms with Crippen molar-refractivity contribution in [3.8, 4) is 5.75 Å². The number of phenols is 1. The minimum Gasteiger partial charge on any atom is -0.506 e. The average Bonchev–Trinajstić information content (AvgIpc) is 2.55. The zero-order chi connectivity index (χ0) is 17.3. The maximum atomic E-state index is 13.1. The van der Waals surface area contributed by atoms with E-state index in [0.29, 0.717) is 18.8 Å². The summed E-state index contributed by atoms with van der Waals surface area (Å²) in [5.41, 5.74) is 0.675. The maximum Gasteiger partial charge on any atom is 0.244 e. The van der Waals surface area contributed by atoms with Gasteiger partial charge in [0.2, 0.25) is 10.0 Å². The van der Waals surface area contributed by atoms with Gasteiger partial charge in [-0.25, -0.2) is 12.8 Å². The molecule has 8 heteroatoms. The van der Waals surface area contributed by atoms with Crippen molar-refractivity contribution in [1.82, 2.24) is 4.31 Å². The first-order valence-electron chi connectivity index (χ1n) is 7.38. The largest absolute Gasteiger partial charge is 0.506 e. The molecule has 1 N–H and O–H groups in total. The van der Waals surface area contributed by atoms with E-state index in [4.69, 9.17) is 11.6 Å². The molecule has 0 spiro atoms. The second-order valence-electron chi connectivity index (χ2n) is 5.45. The third-order valence-corrected chi connectivity index (χ3v) is 6.35. The molecular formula is C16H16ClFN2O3S. The summed E-state index contributed by atoms with van der Waals surface area (Å²) in [4.78, 5) is 1.83. The SMILES string of the molecule is O=S(=O)(c1ccc(F)cc1Cl)N1CCN(c2ccccc2O)CC1. The molecule has 1 aliphatic rings. The van der Waals surface area contributed by atoms with Crippen LogP contribution in [-0.4, -0.2) is 44.0 Å². The van der Waals surface area contributed by atoms with Crippen LogP contribution < -0.4 is 4.90 Å². The van der Waals surface area contributed by atoms with Gasteiger partial charge >= 0.3 is 0 Å². The molecule has 2 aromatic carbocycles. The molecule has 0 atom stereocenters. The second kappa shape index (κ2) is 6.58. The standard InChI is InChI=1S/C16H16ClFN2O3S/c17-13-11-12(18)5-6-16(13)24(22,23)20-9-7-19(8-10-20)14-3-1-2-4-15(14)21/h1-6,11,21H,7-10H2. The molecule has 5 nitrogen and oxygen atoms in total. The first-order chi connectivity index (χ1) is 11.4.